The summed E-state index contributed by atoms with van der Waals surface area (Å²) in [4.78, 5) is 12.3. The lowest BCUT2D eigenvalue weighted by Gasteiger charge is -2.13. The van der Waals surface area contributed by atoms with Crippen molar-refractivity contribution < 1.29 is 19.4 Å². The van der Waals surface area contributed by atoms with E-state index in [1.807, 2.05) is 24.3 Å². The molecule has 0 aliphatic carbocycles. The van der Waals surface area contributed by atoms with E-state index in [1.165, 1.54) is 18.3 Å². The van der Waals surface area contributed by atoms with Crippen LogP contribution in [-0.2, 0) is 6.61 Å². The Balaban J connectivity index is 1.70. The monoisotopic (exact) mass is 688 g/mol. The van der Waals surface area contributed by atoms with Gasteiger partial charge in [0.25, 0.3) is 5.91 Å². The van der Waals surface area contributed by atoms with Crippen LogP contribution in [0, 0.1) is 0 Å². The molecule has 0 saturated heterocycles. The minimum Gasteiger partial charge on any atom is -0.506 e. The lowest BCUT2D eigenvalue weighted by atomic mass is 10.2. The first-order valence-corrected chi connectivity index (χ1v) is 12.2. The van der Waals surface area contributed by atoms with Crippen LogP contribution in [0.2, 0.25) is 0 Å². The number of phenols is 1. The van der Waals surface area contributed by atoms with E-state index in [2.05, 4.69) is 74.2 Å². The molecule has 3 aromatic carbocycles. The van der Waals surface area contributed by atoms with Gasteiger partial charge in [-0.15, -0.1) is 0 Å². The Morgan fingerprint density at radius 3 is 2.28 bits per heavy atom. The number of methoxy groups -OCH3 is 1. The Morgan fingerprint density at radius 2 is 1.66 bits per heavy atom. The summed E-state index contributed by atoms with van der Waals surface area (Å²) in [5.41, 5.74) is 4.50. The SMILES string of the molecule is COc1cc(C=NNC(=O)c2cc(Br)c(O)c(Br)c2)c(Br)cc1OCc1ccc(Br)cc1. The van der Waals surface area contributed by atoms with E-state index in [1.54, 1.807) is 19.2 Å². The van der Waals surface area contributed by atoms with Crippen LogP contribution in [0.15, 0.2) is 71.5 Å². The van der Waals surface area contributed by atoms with Crippen LogP contribution in [0.3, 0.4) is 0 Å². The number of aromatic hydroxyl groups is 1. The number of amides is 1. The lowest BCUT2D eigenvalue weighted by molar-refractivity contribution is 0.0955. The zero-order valence-electron chi connectivity index (χ0n) is 16.5. The summed E-state index contributed by atoms with van der Waals surface area (Å²) in [5, 5.41) is 13.8. The van der Waals surface area contributed by atoms with Crippen LogP contribution >= 0.6 is 63.7 Å². The van der Waals surface area contributed by atoms with Crippen molar-refractivity contribution in [2.45, 2.75) is 6.61 Å². The second-order valence-corrected chi connectivity index (χ2v) is 9.91. The van der Waals surface area contributed by atoms with Crippen molar-refractivity contribution in [2.24, 2.45) is 5.10 Å². The van der Waals surface area contributed by atoms with E-state index in [-0.39, 0.29) is 5.75 Å². The van der Waals surface area contributed by atoms with Crippen LogP contribution in [0.4, 0.5) is 0 Å². The van der Waals surface area contributed by atoms with Gasteiger partial charge in [0.2, 0.25) is 0 Å². The molecule has 0 aliphatic rings. The molecule has 0 aliphatic heterocycles. The lowest BCUT2D eigenvalue weighted by Crippen LogP contribution is -2.17. The highest BCUT2D eigenvalue weighted by atomic mass is 79.9. The van der Waals surface area contributed by atoms with Gasteiger partial charge in [0, 0.05) is 20.1 Å². The van der Waals surface area contributed by atoms with E-state index >= 15 is 0 Å². The molecule has 6 nitrogen and oxygen atoms in total. The van der Waals surface area contributed by atoms with Crippen molar-refractivity contribution in [1.29, 1.82) is 0 Å². The van der Waals surface area contributed by atoms with Crippen molar-refractivity contribution >= 4 is 75.8 Å². The van der Waals surface area contributed by atoms with Gasteiger partial charge in [-0.05, 0) is 89.8 Å². The Kier molecular flexibility index (Phi) is 8.75. The van der Waals surface area contributed by atoms with Crippen molar-refractivity contribution in [3.63, 3.8) is 0 Å². The van der Waals surface area contributed by atoms with E-state index < -0.39 is 5.91 Å². The van der Waals surface area contributed by atoms with Gasteiger partial charge >= 0.3 is 0 Å². The summed E-state index contributed by atoms with van der Waals surface area (Å²) >= 11 is 13.3. The Hall–Kier alpha value is -1.88. The summed E-state index contributed by atoms with van der Waals surface area (Å²) < 4.78 is 13.9. The maximum atomic E-state index is 12.3. The van der Waals surface area contributed by atoms with Gasteiger partial charge in [0.05, 0.1) is 22.3 Å². The zero-order valence-corrected chi connectivity index (χ0v) is 22.9. The molecule has 0 aromatic heterocycles. The van der Waals surface area contributed by atoms with Crippen molar-refractivity contribution in [3.8, 4) is 17.2 Å². The highest BCUT2D eigenvalue weighted by Crippen LogP contribution is 2.34. The van der Waals surface area contributed by atoms with Crippen molar-refractivity contribution in [3.05, 3.63) is 83.1 Å². The predicted molar refractivity (Wildman–Crippen MR) is 138 cm³/mol. The molecule has 0 spiro atoms. The molecule has 0 unspecified atom stereocenters. The smallest absolute Gasteiger partial charge is 0.271 e. The van der Waals surface area contributed by atoms with Gasteiger partial charge in [0.15, 0.2) is 11.5 Å². The number of rotatable bonds is 7. The van der Waals surface area contributed by atoms with Gasteiger partial charge in [-0.2, -0.15) is 5.10 Å². The number of phenolic OH excluding ortho intramolecular Hbond substituents is 1. The van der Waals surface area contributed by atoms with Crippen LogP contribution in [-0.4, -0.2) is 24.3 Å². The Bertz CT molecular complexity index is 1140. The van der Waals surface area contributed by atoms with Crippen LogP contribution in [0.25, 0.3) is 0 Å². The molecule has 3 aromatic rings. The number of hydrogen-bond donors (Lipinski definition) is 2. The van der Waals surface area contributed by atoms with Crippen LogP contribution in [0.1, 0.15) is 21.5 Å². The van der Waals surface area contributed by atoms with Gasteiger partial charge in [-0.25, -0.2) is 5.43 Å². The van der Waals surface area contributed by atoms with Gasteiger partial charge in [0.1, 0.15) is 12.4 Å². The number of nitrogens with zero attached hydrogens (tertiary/aromatic N) is 1. The fourth-order valence-corrected chi connectivity index (χ4v) is 4.46. The van der Waals surface area contributed by atoms with Crippen molar-refractivity contribution in [2.75, 3.05) is 7.11 Å². The predicted octanol–water partition coefficient (Wildman–Crippen LogP) is 6.79. The van der Waals surface area contributed by atoms with Crippen LogP contribution < -0.4 is 14.9 Å². The van der Waals surface area contributed by atoms with Gasteiger partial charge < -0.3 is 14.6 Å². The fraction of sp³-hybridized carbons (Fsp3) is 0.0909. The number of hydrazone groups is 1. The summed E-state index contributed by atoms with van der Waals surface area (Å²) in [7, 11) is 1.55. The Labute approximate surface area is 218 Å². The molecule has 166 valence electrons. The molecule has 3 rings (SSSR count). The third-order valence-electron chi connectivity index (χ3n) is 4.24. The number of halogens is 4. The topological polar surface area (TPSA) is 80.2 Å². The standard InChI is InChI=1S/C22H16Br4N2O4/c1-31-19-8-14(10-27-28-22(30)13-6-17(25)21(29)18(26)7-13)16(24)9-20(19)32-11-12-2-4-15(23)5-3-12/h2-10,29H,11H2,1H3,(H,28,30). The van der Waals surface area contributed by atoms with E-state index in [0.29, 0.717) is 38.2 Å². The second kappa shape index (κ2) is 11.3. The number of hydrogen-bond acceptors (Lipinski definition) is 5. The van der Waals surface area contributed by atoms with E-state index in [0.717, 1.165) is 14.5 Å². The van der Waals surface area contributed by atoms with Gasteiger partial charge in [-0.3, -0.25) is 4.79 Å². The summed E-state index contributed by atoms with van der Waals surface area (Å²) in [6, 6.07) is 14.4. The quantitative estimate of drug-likeness (QED) is 0.211. The molecule has 0 bridgehead atoms. The number of carbonyl (C=O) groups excluding carboxylic acids is 1. The molecule has 0 atom stereocenters. The number of benzene rings is 3. The van der Waals surface area contributed by atoms with Crippen molar-refractivity contribution in [1.82, 2.24) is 5.43 Å². The maximum Gasteiger partial charge on any atom is 0.271 e. The first kappa shape index (κ1) is 24.8. The average molecular weight is 692 g/mol. The van der Waals surface area contributed by atoms with Gasteiger partial charge in [-0.1, -0.05) is 28.1 Å². The summed E-state index contributed by atoms with van der Waals surface area (Å²) in [5.74, 6) is 0.690. The highest BCUT2D eigenvalue weighted by molar-refractivity contribution is 9.11. The largest absolute Gasteiger partial charge is 0.506 e. The summed E-state index contributed by atoms with van der Waals surface area (Å²) in [6.07, 6.45) is 1.49. The molecule has 0 fully saturated rings. The van der Waals surface area contributed by atoms with E-state index in [9.17, 15) is 9.90 Å². The fourth-order valence-electron chi connectivity index (χ4n) is 2.59. The van der Waals surface area contributed by atoms with E-state index in [4.69, 9.17) is 9.47 Å². The second-order valence-electron chi connectivity index (χ2n) is 6.43. The molecule has 0 radical (unpaired) electrons. The molecule has 1 amide bonds. The van der Waals surface area contributed by atoms with Crippen LogP contribution in [0.5, 0.6) is 17.2 Å². The first-order chi connectivity index (χ1) is 15.3. The number of ether oxygens (including phenoxy) is 2. The molecule has 2 N–H and O–H groups in total. The summed E-state index contributed by atoms with van der Waals surface area (Å²) in [6.45, 7) is 0.386. The third-order valence-corrected chi connectivity index (χ3v) is 6.66. The minimum absolute atomic E-state index is 0.0171. The molecular formula is C22H16Br4N2O4. The molecule has 0 saturated carbocycles. The number of nitrogens with one attached hydrogen (secondary N) is 1. The minimum atomic E-state index is -0.430. The third kappa shape index (κ3) is 6.34. The zero-order chi connectivity index (χ0) is 23.3. The highest BCUT2D eigenvalue weighted by Gasteiger charge is 2.12. The number of carbonyl (C=O) groups is 1. The normalized spacial score (nSPS) is 10.9. The average Bonchev–Trinajstić information content (AvgIpc) is 2.77. The maximum absolute atomic E-state index is 12.3. The molecule has 10 heteroatoms. The molecular weight excluding hydrogens is 676 g/mol. The molecule has 32 heavy (non-hydrogen) atoms. The first-order valence-electron chi connectivity index (χ1n) is 9.04. The molecule has 0 heterocycles. The Morgan fingerprint density at radius 1 is 1.00 bits per heavy atom.